The average molecular weight is 669 g/mol. The van der Waals surface area contributed by atoms with Gasteiger partial charge in [0, 0.05) is 0 Å². The molecular formula is C37H57BN2O8. The van der Waals surface area contributed by atoms with Crippen LogP contribution in [0.15, 0.2) is 12.1 Å². The van der Waals surface area contributed by atoms with E-state index in [4.69, 9.17) is 23.5 Å². The number of nitrogens with zero attached hydrogens (tertiary/aromatic N) is 1. The zero-order valence-electron chi connectivity index (χ0n) is 31.2. The SMILES string of the molecule is Cc1c(CCB2O[C@@H]3C[C@@H]4C[C@@H](C4(C)C)[C@]3(C)O2)ccc(OC2CN(C(=O)[C@H](NC(=O)OC(C)(C)C)C(C)C)C2)c1C(=O)OC(C)(C)C. The number of nitrogens with one attached hydrogen (secondary N) is 1. The summed E-state index contributed by atoms with van der Waals surface area (Å²) in [6, 6.07) is 3.11. The maximum atomic E-state index is 13.6. The van der Waals surface area contributed by atoms with Gasteiger partial charge in [-0.1, -0.05) is 33.8 Å². The molecule has 2 amide bonds. The normalized spacial score (nSPS) is 27.1. The van der Waals surface area contributed by atoms with Crippen LogP contribution < -0.4 is 10.1 Å². The lowest BCUT2D eigenvalue weighted by Crippen LogP contribution is -2.65. The van der Waals surface area contributed by atoms with Gasteiger partial charge in [0.25, 0.3) is 0 Å². The number of rotatable bonds is 9. The minimum Gasteiger partial charge on any atom is -0.486 e. The number of esters is 1. The van der Waals surface area contributed by atoms with Gasteiger partial charge in [-0.25, -0.2) is 9.59 Å². The molecule has 3 saturated carbocycles. The van der Waals surface area contributed by atoms with Crippen molar-refractivity contribution in [2.75, 3.05) is 13.1 Å². The number of hydrogen-bond donors (Lipinski definition) is 1. The number of likely N-dealkylation sites (tertiary alicyclic amines) is 1. The number of hydrogen-bond acceptors (Lipinski definition) is 8. The summed E-state index contributed by atoms with van der Waals surface area (Å²) < 4.78 is 30.7. The maximum absolute atomic E-state index is 13.6. The van der Waals surface area contributed by atoms with Crippen LogP contribution in [0.5, 0.6) is 5.75 Å². The van der Waals surface area contributed by atoms with Crippen LogP contribution in [0.1, 0.15) is 110 Å². The molecule has 1 aromatic rings. The van der Waals surface area contributed by atoms with Crippen molar-refractivity contribution in [1.82, 2.24) is 10.2 Å². The van der Waals surface area contributed by atoms with Crippen LogP contribution in [0.25, 0.3) is 0 Å². The highest BCUT2D eigenvalue weighted by atomic mass is 16.7. The smallest absolute Gasteiger partial charge is 0.457 e. The molecule has 0 radical (unpaired) electrons. The summed E-state index contributed by atoms with van der Waals surface area (Å²) in [6.07, 6.45) is 2.82. The molecule has 5 atom stereocenters. The zero-order chi connectivity index (χ0) is 35.6. The highest BCUT2D eigenvalue weighted by Crippen LogP contribution is 2.65. The molecule has 2 saturated heterocycles. The largest absolute Gasteiger partial charge is 0.486 e. The van der Waals surface area contributed by atoms with Gasteiger partial charge in [-0.15, -0.1) is 0 Å². The lowest BCUT2D eigenvalue weighted by Gasteiger charge is -2.64. The maximum Gasteiger partial charge on any atom is 0.457 e. The van der Waals surface area contributed by atoms with Gasteiger partial charge in [-0.2, -0.15) is 0 Å². The predicted molar refractivity (Wildman–Crippen MR) is 184 cm³/mol. The molecule has 0 unspecified atom stereocenters. The van der Waals surface area contributed by atoms with Crippen LogP contribution in [0.4, 0.5) is 4.79 Å². The summed E-state index contributed by atoms with van der Waals surface area (Å²) >= 11 is 0. The van der Waals surface area contributed by atoms with Crippen LogP contribution in [-0.4, -0.2) is 78.1 Å². The second kappa shape index (κ2) is 12.8. The molecule has 6 rings (SSSR count). The molecule has 266 valence electrons. The average Bonchev–Trinajstić information content (AvgIpc) is 3.26. The fourth-order valence-corrected chi connectivity index (χ4v) is 8.05. The van der Waals surface area contributed by atoms with E-state index >= 15 is 0 Å². The van der Waals surface area contributed by atoms with E-state index in [1.807, 2.05) is 53.7 Å². The van der Waals surface area contributed by atoms with Gasteiger partial charge in [0.05, 0.1) is 24.8 Å². The van der Waals surface area contributed by atoms with Gasteiger partial charge in [-0.3, -0.25) is 4.79 Å². The quantitative estimate of drug-likeness (QED) is 0.239. The zero-order valence-corrected chi connectivity index (χ0v) is 31.2. The molecule has 0 spiro atoms. The third kappa shape index (κ3) is 7.37. The number of carbonyl (C=O) groups is 3. The summed E-state index contributed by atoms with van der Waals surface area (Å²) in [5.41, 5.74) is 0.896. The fraction of sp³-hybridized carbons (Fsp3) is 0.757. The van der Waals surface area contributed by atoms with Crippen LogP contribution in [-0.2, 0) is 30.0 Å². The van der Waals surface area contributed by atoms with Crippen molar-refractivity contribution in [2.45, 2.75) is 144 Å². The second-order valence-electron chi connectivity index (χ2n) is 17.5. The van der Waals surface area contributed by atoms with Gasteiger partial charge < -0.3 is 33.7 Å². The number of alkyl carbamates (subject to hydrolysis) is 1. The second-order valence-corrected chi connectivity index (χ2v) is 17.5. The molecule has 5 aliphatic rings. The van der Waals surface area contributed by atoms with Crippen molar-refractivity contribution >= 4 is 25.1 Å². The molecule has 3 aliphatic carbocycles. The van der Waals surface area contributed by atoms with Crippen LogP contribution in [0.2, 0.25) is 6.32 Å². The fourth-order valence-electron chi connectivity index (χ4n) is 8.05. The molecule has 10 nitrogen and oxygen atoms in total. The summed E-state index contributed by atoms with van der Waals surface area (Å²) in [5.74, 6) is 0.860. The highest BCUT2D eigenvalue weighted by Gasteiger charge is 2.67. The lowest BCUT2D eigenvalue weighted by atomic mass is 9.43. The van der Waals surface area contributed by atoms with E-state index in [1.54, 1.807) is 25.7 Å². The monoisotopic (exact) mass is 668 g/mol. The predicted octanol–water partition coefficient (Wildman–Crippen LogP) is 6.36. The minimum atomic E-state index is -0.726. The first kappa shape index (κ1) is 36.5. The number of carbonyl (C=O) groups excluding carboxylic acids is 3. The van der Waals surface area contributed by atoms with E-state index in [-0.39, 0.29) is 42.2 Å². The van der Waals surface area contributed by atoms with E-state index in [1.165, 1.54) is 6.42 Å². The third-order valence-corrected chi connectivity index (χ3v) is 10.9. The first-order valence-electron chi connectivity index (χ1n) is 17.7. The van der Waals surface area contributed by atoms with E-state index in [9.17, 15) is 14.4 Å². The van der Waals surface area contributed by atoms with Gasteiger partial charge >= 0.3 is 19.2 Å². The standard InChI is InChI=1S/C37H57BN2O8/c1-21(2)30(39-33(43)46-35(7,8)9)31(41)40-19-25(20-40)44-26-14-13-23(22(3)29(26)32(42)45-34(4,5)6)15-16-38-47-28-18-24-17-27(36(24,10)11)37(28,12)48-38/h13-14,21,24-25,27-28,30H,15-20H2,1-12H3,(H,39,43)/t24-,27-,28+,30+,37-/m0/s1. The number of ether oxygens (including phenoxy) is 3. The Morgan fingerprint density at radius 3 is 2.25 bits per heavy atom. The topological polar surface area (TPSA) is 113 Å². The van der Waals surface area contributed by atoms with Gasteiger partial charge in [0.2, 0.25) is 5.91 Å². The minimum absolute atomic E-state index is 0.131. The van der Waals surface area contributed by atoms with Crippen molar-refractivity contribution in [3.63, 3.8) is 0 Å². The first-order chi connectivity index (χ1) is 22.1. The summed E-state index contributed by atoms with van der Waals surface area (Å²) in [6.45, 7) is 24.2. The molecule has 2 heterocycles. The van der Waals surface area contributed by atoms with E-state index in [2.05, 4.69) is 26.1 Å². The highest BCUT2D eigenvalue weighted by molar-refractivity contribution is 6.45. The summed E-state index contributed by atoms with van der Waals surface area (Å²) in [4.78, 5) is 41.0. The van der Waals surface area contributed by atoms with Crippen molar-refractivity contribution in [3.8, 4) is 5.75 Å². The van der Waals surface area contributed by atoms with Crippen molar-refractivity contribution < 1.29 is 37.9 Å². The van der Waals surface area contributed by atoms with Crippen LogP contribution in [0.3, 0.4) is 0 Å². The Labute approximate surface area is 287 Å². The van der Waals surface area contributed by atoms with E-state index < -0.39 is 29.3 Å². The lowest BCUT2D eigenvalue weighted by molar-refractivity contribution is -0.199. The summed E-state index contributed by atoms with van der Waals surface area (Å²) in [5, 5.41) is 2.73. The van der Waals surface area contributed by atoms with Crippen molar-refractivity contribution in [2.24, 2.45) is 23.2 Å². The van der Waals surface area contributed by atoms with Crippen LogP contribution >= 0.6 is 0 Å². The molecule has 48 heavy (non-hydrogen) atoms. The molecular weight excluding hydrogens is 611 g/mol. The number of amides is 2. The molecule has 1 N–H and O–H groups in total. The number of aryl methyl sites for hydroxylation is 1. The van der Waals surface area contributed by atoms with Gasteiger partial charge in [-0.05, 0) is 121 Å². The first-order valence-corrected chi connectivity index (χ1v) is 17.7. The molecule has 0 aromatic heterocycles. The third-order valence-electron chi connectivity index (χ3n) is 10.9. The van der Waals surface area contributed by atoms with Crippen molar-refractivity contribution in [3.05, 3.63) is 28.8 Å². The Balaban J connectivity index is 1.24. The van der Waals surface area contributed by atoms with Crippen LogP contribution in [0, 0.1) is 30.1 Å². The summed E-state index contributed by atoms with van der Waals surface area (Å²) in [7, 11) is -0.284. The molecule has 5 fully saturated rings. The Hall–Kier alpha value is -2.79. The van der Waals surface area contributed by atoms with E-state index in [0.717, 1.165) is 17.5 Å². The Kier molecular flexibility index (Phi) is 9.76. The Morgan fingerprint density at radius 1 is 1.02 bits per heavy atom. The van der Waals surface area contributed by atoms with Gasteiger partial charge in [0.1, 0.15) is 34.7 Å². The van der Waals surface area contributed by atoms with Crippen molar-refractivity contribution in [1.29, 1.82) is 0 Å². The molecule has 11 heteroatoms. The Morgan fingerprint density at radius 2 is 1.67 bits per heavy atom. The van der Waals surface area contributed by atoms with Gasteiger partial charge in [0.15, 0.2) is 0 Å². The Bertz CT molecular complexity index is 1410. The van der Waals surface area contributed by atoms with E-state index in [0.29, 0.717) is 49.0 Å². The molecule has 2 aliphatic heterocycles. The number of benzene rings is 1. The molecule has 1 aromatic carbocycles. The molecule has 2 bridgehead atoms.